The Kier molecular flexibility index (Phi) is 3.36. The van der Waals surface area contributed by atoms with Crippen molar-refractivity contribution in [2.45, 2.75) is 25.2 Å². The summed E-state index contributed by atoms with van der Waals surface area (Å²) in [5, 5.41) is 16.4. The highest BCUT2D eigenvalue weighted by Crippen LogP contribution is 2.39. The van der Waals surface area contributed by atoms with Gasteiger partial charge in [-0.3, -0.25) is 4.79 Å². The zero-order valence-electron chi connectivity index (χ0n) is 10.6. The van der Waals surface area contributed by atoms with Crippen molar-refractivity contribution in [1.82, 2.24) is 5.16 Å². The number of carbonyl (C=O) groups excluding carboxylic acids is 1. The third kappa shape index (κ3) is 2.77. The van der Waals surface area contributed by atoms with Crippen LogP contribution in [0.4, 0.5) is 5.69 Å². The van der Waals surface area contributed by atoms with Gasteiger partial charge in [-0.2, -0.15) is 0 Å². The third-order valence-electron chi connectivity index (χ3n) is 3.17. The smallest absolute Gasteiger partial charge is 0.232 e. The average molecular weight is 293 g/mol. The highest BCUT2D eigenvalue weighted by molar-refractivity contribution is 6.32. The van der Waals surface area contributed by atoms with Crippen LogP contribution in [0, 0.1) is 0 Å². The number of benzene rings is 1. The van der Waals surface area contributed by atoms with Crippen molar-refractivity contribution in [3.8, 4) is 5.75 Å². The maximum absolute atomic E-state index is 11.9. The third-order valence-corrected chi connectivity index (χ3v) is 3.47. The SMILES string of the molecule is O=C(Cc1cc(C2CC2)no1)Nc1cccc(Cl)c1O. The minimum absolute atomic E-state index is 0.0751. The van der Waals surface area contributed by atoms with Gasteiger partial charge in [-0.05, 0) is 25.0 Å². The summed E-state index contributed by atoms with van der Waals surface area (Å²) in [7, 11) is 0. The van der Waals surface area contributed by atoms with E-state index >= 15 is 0 Å². The quantitative estimate of drug-likeness (QED) is 0.849. The number of amides is 1. The maximum Gasteiger partial charge on any atom is 0.232 e. The van der Waals surface area contributed by atoms with Crippen LogP contribution in [0.3, 0.4) is 0 Å². The van der Waals surface area contributed by atoms with E-state index in [1.807, 2.05) is 6.07 Å². The number of hydrogen-bond donors (Lipinski definition) is 2. The number of phenolic OH excluding ortho intramolecular Hbond substituents is 1. The first-order valence-electron chi connectivity index (χ1n) is 6.36. The topological polar surface area (TPSA) is 75.4 Å². The molecule has 20 heavy (non-hydrogen) atoms. The van der Waals surface area contributed by atoms with Crippen molar-refractivity contribution in [2.75, 3.05) is 5.32 Å². The lowest BCUT2D eigenvalue weighted by Gasteiger charge is -2.06. The summed E-state index contributed by atoms with van der Waals surface area (Å²) < 4.78 is 5.13. The fraction of sp³-hybridized carbons (Fsp3) is 0.286. The lowest BCUT2D eigenvalue weighted by Crippen LogP contribution is -2.14. The number of nitrogens with one attached hydrogen (secondary N) is 1. The van der Waals surface area contributed by atoms with Gasteiger partial charge >= 0.3 is 0 Å². The summed E-state index contributed by atoms with van der Waals surface area (Å²) >= 11 is 5.77. The van der Waals surface area contributed by atoms with E-state index in [1.54, 1.807) is 18.2 Å². The fourth-order valence-corrected chi connectivity index (χ4v) is 2.13. The van der Waals surface area contributed by atoms with Crippen LogP contribution in [0.25, 0.3) is 0 Å². The first kappa shape index (κ1) is 13.0. The van der Waals surface area contributed by atoms with Gasteiger partial charge in [0, 0.05) is 12.0 Å². The van der Waals surface area contributed by atoms with Crippen LogP contribution in [0.2, 0.25) is 5.02 Å². The van der Waals surface area contributed by atoms with Gasteiger partial charge in [0.05, 0.1) is 22.8 Å². The summed E-state index contributed by atoms with van der Waals surface area (Å²) in [6.45, 7) is 0. The first-order chi connectivity index (χ1) is 9.63. The number of carbonyl (C=O) groups is 1. The number of hydrogen-bond acceptors (Lipinski definition) is 4. The van der Waals surface area contributed by atoms with Gasteiger partial charge in [0.1, 0.15) is 5.76 Å². The van der Waals surface area contributed by atoms with Crippen LogP contribution < -0.4 is 5.32 Å². The molecule has 1 saturated carbocycles. The standard InChI is InChI=1S/C14H13ClN2O3/c15-10-2-1-3-11(14(10)19)16-13(18)7-9-6-12(17-20-9)8-4-5-8/h1-3,6,8,19H,4-5,7H2,(H,16,18). The second-order valence-corrected chi connectivity index (χ2v) is 5.26. The molecule has 1 heterocycles. The second kappa shape index (κ2) is 5.17. The molecule has 104 valence electrons. The van der Waals surface area contributed by atoms with Crippen molar-refractivity contribution in [2.24, 2.45) is 0 Å². The summed E-state index contributed by atoms with van der Waals surface area (Å²) in [5.74, 6) is 0.582. The van der Waals surface area contributed by atoms with E-state index in [1.165, 1.54) is 0 Å². The highest BCUT2D eigenvalue weighted by atomic mass is 35.5. The first-order valence-corrected chi connectivity index (χ1v) is 6.74. The van der Waals surface area contributed by atoms with E-state index in [-0.39, 0.29) is 28.8 Å². The Bertz CT molecular complexity index is 650. The zero-order valence-corrected chi connectivity index (χ0v) is 11.4. The molecular formula is C14H13ClN2O3. The number of para-hydroxylation sites is 1. The minimum atomic E-state index is -0.291. The molecule has 6 heteroatoms. The molecule has 1 aromatic carbocycles. The van der Waals surface area contributed by atoms with Crippen LogP contribution >= 0.6 is 11.6 Å². The van der Waals surface area contributed by atoms with Gasteiger partial charge < -0.3 is 14.9 Å². The van der Waals surface area contributed by atoms with Crippen LogP contribution in [0.1, 0.15) is 30.2 Å². The summed E-state index contributed by atoms with van der Waals surface area (Å²) in [6, 6.07) is 6.59. The molecule has 3 rings (SSSR count). The van der Waals surface area contributed by atoms with Gasteiger partial charge in [0.2, 0.25) is 5.91 Å². The molecular weight excluding hydrogens is 280 g/mol. The number of aromatic nitrogens is 1. The number of phenols is 1. The molecule has 5 nitrogen and oxygen atoms in total. The van der Waals surface area contributed by atoms with Crippen molar-refractivity contribution in [3.05, 3.63) is 40.7 Å². The van der Waals surface area contributed by atoms with Gasteiger partial charge in [-0.1, -0.05) is 22.8 Å². The van der Waals surface area contributed by atoms with Crippen LogP contribution in [0.5, 0.6) is 5.75 Å². The highest BCUT2D eigenvalue weighted by Gasteiger charge is 2.27. The molecule has 2 N–H and O–H groups in total. The molecule has 1 amide bonds. The van der Waals surface area contributed by atoms with Gasteiger partial charge in [0.15, 0.2) is 5.75 Å². The van der Waals surface area contributed by atoms with Crippen LogP contribution in [-0.2, 0) is 11.2 Å². The Morgan fingerprint density at radius 1 is 1.50 bits per heavy atom. The molecule has 0 radical (unpaired) electrons. The predicted octanol–water partition coefficient (Wildman–Crippen LogP) is 3.09. The van der Waals surface area contributed by atoms with E-state index in [2.05, 4.69) is 10.5 Å². The van der Waals surface area contributed by atoms with Crippen LogP contribution in [-0.4, -0.2) is 16.2 Å². The summed E-state index contributed by atoms with van der Waals surface area (Å²) in [5.41, 5.74) is 1.20. The van der Waals surface area contributed by atoms with Crippen molar-refractivity contribution < 1.29 is 14.4 Å². The number of rotatable bonds is 4. The molecule has 0 saturated heterocycles. The molecule has 1 aromatic heterocycles. The predicted molar refractivity (Wildman–Crippen MR) is 73.9 cm³/mol. The molecule has 0 spiro atoms. The normalized spacial score (nSPS) is 14.2. The molecule has 0 aliphatic heterocycles. The fourth-order valence-electron chi connectivity index (χ4n) is 1.95. The summed E-state index contributed by atoms with van der Waals surface area (Å²) in [4.78, 5) is 11.9. The second-order valence-electron chi connectivity index (χ2n) is 4.85. The number of halogens is 1. The van der Waals surface area contributed by atoms with E-state index in [0.717, 1.165) is 18.5 Å². The zero-order chi connectivity index (χ0) is 14.1. The number of anilines is 1. The molecule has 1 aliphatic rings. The lowest BCUT2D eigenvalue weighted by atomic mass is 10.2. The number of nitrogens with zero attached hydrogens (tertiary/aromatic N) is 1. The van der Waals surface area contributed by atoms with E-state index in [4.69, 9.17) is 16.1 Å². The Hall–Kier alpha value is -2.01. The molecule has 2 aromatic rings. The van der Waals surface area contributed by atoms with E-state index in [0.29, 0.717) is 11.7 Å². The molecule has 0 bridgehead atoms. The van der Waals surface area contributed by atoms with Gasteiger partial charge in [-0.15, -0.1) is 0 Å². The average Bonchev–Trinajstić information content (AvgIpc) is 3.16. The Labute approximate surface area is 120 Å². The van der Waals surface area contributed by atoms with E-state index in [9.17, 15) is 9.90 Å². The maximum atomic E-state index is 11.9. The molecule has 1 fully saturated rings. The largest absolute Gasteiger partial charge is 0.504 e. The molecule has 0 unspecified atom stereocenters. The Balaban J connectivity index is 1.65. The summed E-state index contributed by atoms with van der Waals surface area (Å²) in [6.07, 6.45) is 2.34. The van der Waals surface area contributed by atoms with Crippen molar-refractivity contribution in [1.29, 1.82) is 0 Å². The lowest BCUT2D eigenvalue weighted by molar-refractivity contribution is -0.115. The van der Waals surface area contributed by atoms with Crippen molar-refractivity contribution >= 4 is 23.2 Å². The van der Waals surface area contributed by atoms with E-state index < -0.39 is 0 Å². The van der Waals surface area contributed by atoms with Gasteiger partial charge in [0.25, 0.3) is 0 Å². The monoisotopic (exact) mass is 292 g/mol. The van der Waals surface area contributed by atoms with Crippen LogP contribution in [0.15, 0.2) is 28.8 Å². The van der Waals surface area contributed by atoms with Crippen molar-refractivity contribution in [3.63, 3.8) is 0 Å². The molecule has 1 aliphatic carbocycles. The Morgan fingerprint density at radius 3 is 3.05 bits per heavy atom. The minimum Gasteiger partial charge on any atom is -0.504 e. The Morgan fingerprint density at radius 2 is 2.30 bits per heavy atom. The molecule has 0 atom stereocenters. The van der Waals surface area contributed by atoms with Gasteiger partial charge in [-0.25, -0.2) is 0 Å². The number of aromatic hydroxyl groups is 1.